The summed E-state index contributed by atoms with van der Waals surface area (Å²) in [5, 5.41) is 29.2. The van der Waals surface area contributed by atoms with Gasteiger partial charge < -0.3 is 28.6 Å². The van der Waals surface area contributed by atoms with Gasteiger partial charge in [0.25, 0.3) is 0 Å². The number of aromatic carboxylic acids is 2. The zero-order valence-corrected chi connectivity index (χ0v) is 18.3. The number of nitrogens with zero attached hydrogens (tertiary/aromatic N) is 2. The molecular weight excluding hydrogens is 468 g/mol. The molecule has 11 heteroatoms. The van der Waals surface area contributed by atoms with E-state index in [1.807, 2.05) is 0 Å². The van der Waals surface area contributed by atoms with Crippen molar-refractivity contribution < 1.29 is 33.4 Å². The van der Waals surface area contributed by atoms with Gasteiger partial charge in [0.15, 0.2) is 0 Å². The Labute approximate surface area is 203 Å². The fourth-order valence-electron chi connectivity index (χ4n) is 3.03. The van der Waals surface area contributed by atoms with Crippen molar-refractivity contribution in [2.24, 2.45) is 10.2 Å². The summed E-state index contributed by atoms with van der Waals surface area (Å²) >= 11 is 0. The van der Waals surface area contributed by atoms with Gasteiger partial charge in [-0.1, -0.05) is 48.5 Å². The highest BCUT2D eigenvalue weighted by Gasteiger charge is 2.06. The Bertz CT molecular complexity index is 1340. The lowest BCUT2D eigenvalue weighted by atomic mass is 10.1. The van der Waals surface area contributed by atoms with Gasteiger partial charge in [0.05, 0.1) is 24.4 Å². The van der Waals surface area contributed by atoms with E-state index in [2.05, 4.69) is 21.1 Å². The summed E-state index contributed by atoms with van der Waals surface area (Å²) in [7, 11) is 0. The van der Waals surface area contributed by atoms with Crippen molar-refractivity contribution in [1.82, 2.24) is 10.9 Å². The number of furan rings is 2. The summed E-state index contributed by atoms with van der Waals surface area (Å²) in [6, 6.07) is 17.9. The van der Waals surface area contributed by atoms with E-state index in [1.54, 1.807) is 48.5 Å². The summed E-state index contributed by atoms with van der Waals surface area (Å²) in [5.41, 5.74) is 5.88. The maximum Gasteiger partial charge on any atom is 0.355 e. The average molecular weight is 484 g/mol. The van der Waals surface area contributed by atoms with E-state index < -0.39 is 18.0 Å². The van der Waals surface area contributed by atoms with Crippen LogP contribution >= 0.6 is 0 Å². The van der Waals surface area contributed by atoms with E-state index in [0.717, 1.165) is 0 Å². The second kappa shape index (κ2) is 10.7. The number of carboxylic acids is 2. The highest BCUT2D eigenvalue weighted by molar-refractivity contribution is 5.87. The van der Waals surface area contributed by atoms with E-state index >= 15 is 0 Å². The minimum absolute atomic E-state index is 0.0580. The molecule has 2 amide bonds. The number of benzene rings is 2. The van der Waals surface area contributed by atoms with Crippen molar-refractivity contribution in [3.63, 3.8) is 0 Å². The Kier molecular flexibility index (Phi) is 7.01. The number of amides is 2. The third kappa shape index (κ3) is 5.91. The summed E-state index contributed by atoms with van der Waals surface area (Å²) in [5.74, 6) is -0.841. The fourth-order valence-corrected chi connectivity index (χ4v) is 3.03. The maximum atomic E-state index is 11.8. The van der Waals surface area contributed by atoms with E-state index in [9.17, 15) is 24.6 Å². The van der Waals surface area contributed by atoms with Gasteiger partial charge in [-0.15, -0.1) is 0 Å². The Morgan fingerprint density at radius 2 is 1.00 bits per heavy atom. The van der Waals surface area contributed by atoms with Gasteiger partial charge in [0.2, 0.25) is 0 Å². The van der Waals surface area contributed by atoms with Crippen LogP contribution in [0.4, 0.5) is 4.79 Å². The fraction of sp³-hybridized carbons (Fsp3) is 0. The van der Waals surface area contributed by atoms with Gasteiger partial charge in [-0.3, -0.25) is 0 Å². The van der Waals surface area contributed by atoms with Crippen molar-refractivity contribution in [3.8, 4) is 22.6 Å². The van der Waals surface area contributed by atoms with Crippen LogP contribution in [0.2, 0.25) is 0 Å². The standard InChI is InChI=1S/C25H18N4O7/c30-23(31)17-5-1-15(2-6-17)21-11-9-19(35-21)13-26-28-25(34)29-27-14-20-10-12-22(36-20)16-3-7-18(8-4-16)24(32)33/h1-14H,(H,30,31)(H,32,33)(H2,28,29,34)/p-2/b26-13-,27-14-. The molecule has 2 aromatic heterocycles. The Hall–Kier alpha value is -5.45. The van der Waals surface area contributed by atoms with Gasteiger partial charge >= 0.3 is 6.03 Å². The molecule has 0 aliphatic rings. The molecule has 0 saturated heterocycles. The molecule has 0 aliphatic heterocycles. The second-order valence-electron chi connectivity index (χ2n) is 7.20. The number of carbonyl (C=O) groups excluding carboxylic acids is 3. The topological polar surface area (TPSA) is 172 Å². The quantitative estimate of drug-likeness (QED) is 0.282. The number of carbonyl (C=O) groups is 3. The molecule has 0 atom stereocenters. The van der Waals surface area contributed by atoms with Crippen LogP contribution in [-0.2, 0) is 0 Å². The Balaban J connectivity index is 1.26. The zero-order valence-electron chi connectivity index (χ0n) is 18.3. The number of hydrogen-bond donors (Lipinski definition) is 2. The number of nitrogens with one attached hydrogen (secondary N) is 2. The molecule has 0 unspecified atom stereocenters. The first kappa shape index (κ1) is 23.7. The number of carboxylic acid groups (broad SMARTS) is 2. The number of hydrazone groups is 2. The van der Waals surface area contributed by atoms with Gasteiger partial charge in [0.1, 0.15) is 23.0 Å². The van der Waals surface area contributed by atoms with E-state index in [-0.39, 0.29) is 11.1 Å². The molecule has 0 spiro atoms. The highest BCUT2D eigenvalue weighted by atomic mass is 16.4. The monoisotopic (exact) mass is 484 g/mol. The molecule has 0 fully saturated rings. The zero-order chi connectivity index (χ0) is 25.5. The van der Waals surface area contributed by atoms with Crippen molar-refractivity contribution in [2.75, 3.05) is 0 Å². The molecule has 0 radical (unpaired) electrons. The summed E-state index contributed by atoms with van der Waals surface area (Å²) in [6.45, 7) is 0. The molecule has 2 heterocycles. The normalized spacial score (nSPS) is 11.1. The lowest BCUT2D eigenvalue weighted by molar-refractivity contribution is -0.256. The highest BCUT2D eigenvalue weighted by Crippen LogP contribution is 2.23. The van der Waals surface area contributed by atoms with Crippen LogP contribution in [0.15, 0.2) is 91.8 Å². The third-order valence-corrected chi connectivity index (χ3v) is 4.78. The van der Waals surface area contributed by atoms with Gasteiger partial charge in [-0.2, -0.15) is 10.2 Å². The minimum Gasteiger partial charge on any atom is -0.545 e. The van der Waals surface area contributed by atoms with Crippen LogP contribution in [-0.4, -0.2) is 30.4 Å². The number of urea groups is 1. The molecular formula is C25H16N4O7-2. The van der Waals surface area contributed by atoms with Gasteiger partial charge in [0, 0.05) is 11.1 Å². The Morgan fingerprint density at radius 3 is 1.36 bits per heavy atom. The Morgan fingerprint density at radius 1 is 0.611 bits per heavy atom. The van der Waals surface area contributed by atoms with Crippen LogP contribution < -0.4 is 21.1 Å². The molecule has 0 bridgehead atoms. The minimum atomic E-state index is -1.26. The SMILES string of the molecule is O=C(N/N=C\c1ccc(-c2ccc(C(=O)[O-])cc2)o1)N/N=C\c1ccc(-c2ccc(C(=O)[O-])cc2)o1. The first-order chi connectivity index (χ1) is 17.4. The first-order valence-corrected chi connectivity index (χ1v) is 10.3. The van der Waals surface area contributed by atoms with E-state index in [4.69, 9.17) is 8.83 Å². The molecule has 0 aliphatic carbocycles. The van der Waals surface area contributed by atoms with E-state index in [0.29, 0.717) is 34.2 Å². The first-order valence-electron chi connectivity index (χ1n) is 10.3. The second-order valence-corrected chi connectivity index (χ2v) is 7.20. The predicted octanol–water partition coefficient (Wildman–Crippen LogP) is 1.60. The van der Waals surface area contributed by atoms with Crippen LogP contribution in [0.1, 0.15) is 32.2 Å². The van der Waals surface area contributed by atoms with Crippen molar-refractivity contribution in [1.29, 1.82) is 0 Å². The number of hydrogen-bond acceptors (Lipinski definition) is 9. The molecule has 180 valence electrons. The van der Waals surface area contributed by atoms with Crippen molar-refractivity contribution >= 4 is 30.4 Å². The van der Waals surface area contributed by atoms with E-state index in [1.165, 1.54) is 36.7 Å². The number of rotatable bonds is 8. The molecule has 4 aromatic rings. The van der Waals surface area contributed by atoms with Crippen LogP contribution in [0.5, 0.6) is 0 Å². The van der Waals surface area contributed by atoms with Gasteiger partial charge in [-0.25, -0.2) is 15.6 Å². The summed E-state index contributed by atoms with van der Waals surface area (Å²) in [4.78, 5) is 33.5. The molecule has 4 rings (SSSR count). The maximum absolute atomic E-state index is 11.8. The smallest absolute Gasteiger partial charge is 0.355 e. The van der Waals surface area contributed by atoms with Crippen molar-refractivity contribution in [2.45, 2.75) is 0 Å². The van der Waals surface area contributed by atoms with Crippen molar-refractivity contribution in [3.05, 3.63) is 95.4 Å². The van der Waals surface area contributed by atoms with Crippen LogP contribution in [0, 0.1) is 0 Å². The lowest BCUT2D eigenvalue weighted by Gasteiger charge is -2.02. The molecule has 11 nitrogen and oxygen atoms in total. The third-order valence-electron chi connectivity index (χ3n) is 4.78. The summed E-state index contributed by atoms with van der Waals surface area (Å²) < 4.78 is 11.2. The molecule has 2 aromatic carbocycles. The lowest BCUT2D eigenvalue weighted by Crippen LogP contribution is -2.28. The van der Waals surface area contributed by atoms with Crippen LogP contribution in [0.3, 0.4) is 0 Å². The molecule has 2 N–H and O–H groups in total. The average Bonchev–Trinajstić information content (AvgIpc) is 3.54. The largest absolute Gasteiger partial charge is 0.545 e. The van der Waals surface area contributed by atoms with Gasteiger partial charge in [-0.05, 0) is 35.4 Å². The van der Waals surface area contributed by atoms with Crippen LogP contribution in [0.25, 0.3) is 22.6 Å². The molecule has 36 heavy (non-hydrogen) atoms. The summed E-state index contributed by atoms with van der Waals surface area (Å²) in [6.07, 6.45) is 2.57. The molecule has 0 saturated carbocycles. The predicted molar refractivity (Wildman–Crippen MR) is 124 cm³/mol.